The lowest BCUT2D eigenvalue weighted by molar-refractivity contribution is 0.301. The largest absolute Gasteiger partial charge is 0.474 e. The first-order chi connectivity index (χ1) is 13.1. The van der Waals surface area contributed by atoms with Crippen LogP contribution in [0, 0.1) is 0 Å². The first-order valence-corrected chi connectivity index (χ1v) is 9.21. The SMILES string of the molecule is CC1(N)CCN(c2cnc3c(N4CCOc5ncccc54)n[nH]c3n2)CC1. The van der Waals surface area contributed by atoms with Gasteiger partial charge in [-0.05, 0) is 31.9 Å². The Bertz CT molecular complexity index is 974. The maximum atomic E-state index is 6.23. The standard InChI is InChI=1S/C18H22N8O/c1-18(19)4-7-25(8-5-18)13-11-21-14-15(22-13)23-24-16(14)26-9-10-27-17-12(26)3-2-6-20-17/h2-3,6,11H,4-5,7-10,19H2,1H3,(H,22,23,24). The van der Waals surface area contributed by atoms with Crippen LogP contribution < -0.4 is 20.3 Å². The molecule has 0 aliphatic carbocycles. The zero-order valence-corrected chi connectivity index (χ0v) is 15.2. The first kappa shape index (κ1) is 16.2. The summed E-state index contributed by atoms with van der Waals surface area (Å²) in [5.74, 6) is 2.22. The molecule has 3 aromatic heterocycles. The van der Waals surface area contributed by atoms with Gasteiger partial charge in [0.25, 0.3) is 0 Å². The minimum Gasteiger partial charge on any atom is -0.474 e. The van der Waals surface area contributed by atoms with Crippen molar-refractivity contribution in [3.8, 4) is 5.88 Å². The summed E-state index contributed by atoms with van der Waals surface area (Å²) in [4.78, 5) is 18.0. The van der Waals surface area contributed by atoms with Crippen LogP contribution in [0.2, 0.25) is 0 Å². The van der Waals surface area contributed by atoms with Crippen molar-refractivity contribution in [3.05, 3.63) is 24.5 Å². The van der Waals surface area contributed by atoms with Gasteiger partial charge in [0.1, 0.15) is 18.1 Å². The van der Waals surface area contributed by atoms with Gasteiger partial charge < -0.3 is 20.3 Å². The molecule has 0 saturated carbocycles. The molecule has 2 aliphatic heterocycles. The second kappa shape index (κ2) is 6.05. The van der Waals surface area contributed by atoms with Gasteiger partial charge in [-0.15, -0.1) is 0 Å². The zero-order valence-electron chi connectivity index (χ0n) is 15.2. The molecule has 3 N–H and O–H groups in total. The van der Waals surface area contributed by atoms with Crippen LogP contribution in [-0.4, -0.2) is 56.9 Å². The van der Waals surface area contributed by atoms with Gasteiger partial charge in [0, 0.05) is 24.8 Å². The van der Waals surface area contributed by atoms with Gasteiger partial charge in [-0.2, -0.15) is 5.10 Å². The Kier molecular flexibility index (Phi) is 3.64. The molecule has 2 aliphatic rings. The lowest BCUT2D eigenvalue weighted by Gasteiger charge is -2.37. The van der Waals surface area contributed by atoms with Gasteiger partial charge in [0.15, 0.2) is 17.0 Å². The molecule has 0 bridgehead atoms. The topological polar surface area (TPSA) is 109 Å². The maximum absolute atomic E-state index is 6.23. The molecule has 0 atom stereocenters. The van der Waals surface area contributed by atoms with E-state index in [2.05, 4.69) is 36.9 Å². The van der Waals surface area contributed by atoms with Crippen LogP contribution >= 0.6 is 0 Å². The van der Waals surface area contributed by atoms with E-state index >= 15 is 0 Å². The fraction of sp³-hybridized carbons (Fsp3) is 0.444. The molecule has 0 aromatic carbocycles. The van der Waals surface area contributed by atoms with E-state index in [1.54, 1.807) is 6.20 Å². The molecular formula is C18H22N8O. The van der Waals surface area contributed by atoms with Gasteiger partial charge in [-0.25, -0.2) is 15.0 Å². The van der Waals surface area contributed by atoms with Crippen LogP contribution in [0.4, 0.5) is 17.3 Å². The number of ether oxygens (including phenoxy) is 1. The van der Waals surface area contributed by atoms with Gasteiger partial charge in [0.05, 0.1) is 12.7 Å². The van der Waals surface area contributed by atoms with E-state index in [9.17, 15) is 0 Å². The number of H-pyrrole nitrogens is 1. The number of aromatic amines is 1. The van der Waals surface area contributed by atoms with E-state index in [0.717, 1.165) is 48.8 Å². The Balaban J connectivity index is 1.47. The normalized spacial score (nSPS) is 19.0. The number of anilines is 3. The highest BCUT2D eigenvalue weighted by atomic mass is 16.5. The van der Waals surface area contributed by atoms with E-state index in [1.807, 2.05) is 18.3 Å². The number of pyridine rings is 1. The van der Waals surface area contributed by atoms with Crippen molar-refractivity contribution in [2.45, 2.75) is 25.3 Å². The number of rotatable bonds is 2. The quantitative estimate of drug-likeness (QED) is 0.704. The van der Waals surface area contributed by atoms with E-state index in [0.29, 0.717) is 24.7 Å². The Morgan fingerprint density at radius 3 is 2.93 bits per heavy atom. The summed E-state index contributed by atoms with van der Waals surface area (Å²) in [6.45, 7) is 5.11. The van der Waals surface area contributed by atoms with Gasteiger partial charge in [-0.1, -0.05) is 0 Å². The fourth-order valence-corrected chi connectivity index (χ4v) is 3.64. The Labute approximate surface area is 156 Å². The van der Waals surface area contributed by atoms with Gasteiger partial charge in [0.2, 0.25) is 5.88 Å². The van der Waals surface area contributed by atoms with Crippen LogP contribution in [0.5, 0.6) is 5.88 Å². The van der Waals surface area contributed by atoms with Gasteiger partial charge >= 0.3 is 0 Å². The molecule has 1 saturated heterocycles. The van der Waals surface area contributed by atoms with Crippen LogP contribution in [0.3, 0.4) is 0 Å². The number of hydrogen-bond acceptors (Lipinski definition) is 8. The van der Waals surface area contributed by atoms with Crippen molar-refractivity contribution in [2.24, 2.45) is 5.73 Å². The molecule has 0 radical (unpaired) electrons. The fourth-order valence-electron chi connectivity index (χ4n) is 3.64. The Morgan fingerprint density at radius 1 is 1.22 bits per heavy atom. The summed E-state index contributed by atoms with van der Waals surface area (Å²) in [6, 6.07) is 3.86. The van der Waals surface area contributed by atoms with E-state index in [4.69, 9.17) is 15.5 Å². The number of nitrogens with two attached hydrogens (primary N) is 1. The number of piperidine rings is 1. The minimum atomic E-state index is -0.0903. The molecule has 27 heavy (non-hydrogen) atoms. The van der Waals surface area contributed by atoms with Crippen LogP contribution in [-0.2, 0) is 0 Å². The molecule has 0 amide bonds. The summed E-state index contributed by atoms with van der Waals surface area (Å²) < 4.78 is 5.64. The third kappa shape index (κ3) is 2.84. The highest BCUT2D eigenvalue weighted by Gasteiger charge is 2.28. The zero-order chi connectivity index (χ0) is 18.4. The number of nitrogens with one attached hydrogen (secondary N) is 1. The molecule has 0 spiro atoms. The average Bonchev–Trinajstić information content (AvgIpc) is 3.10. The summed E-state index contributed by atoms with van der Waals surface area (Å²) in [5.41, 5.74) is 8.46. The molecular weight excluding hydrogens is 344 g/mol. The van der Waals surface area contributed by atoms with E-state index in [-0.39, 0.29) is 5.54 Å². The third-order valence-electron chi connectivity index (χ3n) is 5.32. The predicted octanol–water partition coefficient (Wildman–Crippen LogP) is 1.60. The predicted molar refractivity (Wildman–Crippen MR) is 102 cm³/mol. The molecule has 0 unspecified atom stereocenters. The highest BCUT2D eigenvalue weighted by molar-refractivity contribution is 5.87. The third-order valence-corrected chi connectivity index (χ3v) is 5.32. The van der Waals surface area contributed by atoms with Crippen LogP contribution in [0.25, 0.3) is 11.2 Å². The second-order valence-corrected chi connectivity index (χ2v) is 7.44. The summed E-state index contributed by atoms with van der Waals surface area (Å²) in [5, 5.41) is 7.52. The van der Waals surface area contributed by atoms with E-state index < -0.39 is 0 Å². The lowest BCUT2D eigenvalue weighted by atomic mass is 9.91. The van der Waals surface area contributed by atoms with Crippen molar-refractivity contribution in [1.29, 1.82) is 0 Å². The van der Waals surface area contributed by atoms with Crippen LogP contribution in [0.1, 0.15) is 19.8 Å². The van der Waals surface area contributed by atoms with Crippen LogP contribution in [0.15, 0.2) is 24.5 Å². The smallest absolute Gasteiger partial charge is 0.238 e. The molecule has 3 aromatic rings. The molecule has 1 fully saturated rings. The number of fused-ring (bicyclic) bond motifs is 2. The van der Waals surface area contributed by atoms with E-state index in [1.165, 1.54) is 0 Å². The Morgan fingerprint density at radius 2 is 2.07 bits per heavy atom. The van der Waals surface area contributed by atoms with Crippen molar-refractivity contribution in [1.82, 2.24) is 25.1 Å². The molecule has 140 valence electrons. The van der Waals surface area contributed by atoms with Crippen molar-refractivity contribution >= 4 is 28.5 Å². The molecule has 9 heteroatoms. The molecule has 5 rings (SSSR count). The highest BCUT2D eigenvalue weighted by Crippen LogP contribution is 2.36. The number of hydrogen-bond donors (Lipinski definition) is 2. The lowest BCUT2D eigenvalue weighted by Crippen LogP contribution is -2.48. The number of nitrogens with zero attached hydrogens (tertiary/aromatic N) is 6. The van der Waals surface area contributed by atoms with Crippen molar-refractivity contribution in [2.75, 3.05) is 36.0 Å². The summed E-state index contributed by atoms with van der Waals surface area (Å²) in [6.07, 6.45) is 5.43. The second-order valence-electron chi connectivity index (χ2n) is 7.44. The monoisotopic (exact) mass is 366 g/mol. The minimum absolute atomic E-state index is 0.0903. The number of aromatic nitrogens is 5. The Hall–Kier alpha value is -2.94. The first-order valence-electron chi connectivity index (χ1n) is 9.21. The van der Waals surface area contributed by atoms with Crippen molar-refractivity contribution in [3.63, 3.8) is 0 Å². The molecule has 9 nitrogen and oxygen atoms in total. The summed E-state index contributed by atoms with van der Waals surface area (Å²) >= 11 is 0. The molecule has 5 heterocycles. The van der Waals surface area contributed by atoms with Crippen molar-refractivity contribution < 1.29 is 4.74 Å². The van der Waals surface area contributed by atoms with Gasteiger partial charge in [-0.3, -0.25) is 5.10 Å². The average molecular weight is 366 g/mol. The maximum Gasteiger partial charge on any atom is 0.238 e. The summed E-state index contributed by atoms with van der Waals surface area (Å²) in [7, 11) is 0.